The molecular weight excluding hydrogens is 422 g/mol. The van der Waals surface area contributed by atoms with E-state index in [0.29, 0.717) is 5.75 Å². The van der Waals surface area contributed by atoms with Crippen molar-refractivity contribution < 1.29 is 9.53 Å². The van der Waals surface area contributed by atoms with Gasteiger partial charge in [-0.05, 0) is 35.7 Å². The zero-order chi connectivity index (χ0) is 20.1. The average molecular weight is 446 g/mol. The molecule has 1 aromatic carbocycles. The van der Waals surface area contributed by atoms with Gasteiger partial charge in [0.15, 0.2) is 0 Å². The number of rotatable bonds is 7. The second kappa shape index (κ2) is 9.65. The van der Waals surface area contributed by atoms with Crippen molar-refractivity contribution >= 4 is 46.0 Å². The van der Waals surface area contributed by atoms with Crippen molar-refractivity contribution in [2.45, 2.75) is 5.75 Å². The van der Waals surface area contributed by atoms with Gasteiger partial charge < -0.3 is 14.5 Å². The van der Waals surface area contributed by atoms with Gasteiger partial charge in [-0.25, -0.2) is 4.98 Å². The molecule has 29 heavy (non-hydrogen) atoms. The van der Waals surface area contributed by atoms with E-state index < -0.39 is 0 Å². The first kappa shape index (κ1) is 20.3. The number of thioether (sulfide) groups is 1. The summed E-state index contributed by atoms with van der Waals surface area (Å²) in [4.78, 5) is 22.7. The van der Waals surface area contributed by atoms with Crippen LogP contribution in [0.25, 0.3) is 9.88 Å². The molecule has 1 aliphatic heterocycles. The van der Waals surface area contributed by atoms with Crippen molar-refractivity contribution in [3.8, 4) is 15.6 Å². The van der Waals surface area contributed by atoms with Gasteiger partial charge in [0.1, 0.15) is 10.8 Å². The molecular formula is C21H23N3O2S3. The van der Waals surface area contributed by atoms with E-state index >= 15 is 0 Å². The number of thiazole rings is 1. The highest BCUT2D eigenvalue weighted by Crippen LogP contribution is 2.29. The summed E-state index contributed by atoms with van der Waals surface area (Å²) in [5.74, 6) is 2.37. The number of hydrogen-bond donors (Lipinski definition) is 0. The van der Waals surface area contributed by atoms with E-state index in [-0.39, 0.29) is 5.91 Å². The normalized spacial score (nSPS) is 14.2. The van der Waals surface area contributed by atoms with Crippen molar-refractivity contribution in [1.82, 2.24) is 9.88 Å². The smallest absolute Gasteiger partial charge is 0.232 e. The molecule has 0 atom stereocenters. The number of nitrogens with zero attached hydrogens (tertiary/aromatic N) is 3. The van der Waals surface area contributed by atoms with Crippen LogP contribution < -0.4 is 9.64 Å². The molecule has 4 rings (SSSR count). The van der Waals surface area contributed by atoms with Crippen LogP contribution in [0, 0.1) is 0 Å². The maximum absolute atomic E-state index is 12.6. The lowest BCUT2D eigenvalue weighted by Gasteiger charge is -2.36. The number of benzene rings is 1. The molecule has 0 spiro atoms. The van der Waals surface area contributed by atoms with Crippen LogP contribution >= 0.6 is 34.4 Å². The standard InChI is InChI=1S/C21H23N3O2S3/c1-26-18-6-4-17(5-7-18)23-8-10-24(11-9-23)20(25)15-27-13-16-14-29-21(22-16)19-3-2-12-28-19/h2-7,12,14H,8-11,13,15H2,1H3. The number of aromatic nitrogens is 1. The molecule has 0 N–H and O–H groups in total. The SMILES string of the molecule is COc1ccc(N2CCN(C(=O)CSCc3csc(-c4cccs4)n3)CC2)cc1. The van der Waals surface area contributed by atoms with Crippen LogP contribution in [0.3, 0.4) is 0 Å². The second-order valence-corrected chi connectivity index (χ2v) is 9.47. The summed E-state index contributed by atoms with van der Waals surface area (Å²) >= 11 is 5.03. The molecule has 0 unspecified atom stereocenters. The first-order valence-electron chi connectivity index (χ1n) is 9.46. The van der Waals surface area contributed by atoms with E-state index in [0.717, 1.165) is 48.4 Å². The Morgan fingerprint density at radius 3 is 2.62 bits per heavy atom. The van der Waals surface area contributed by atoms with Crippen LogP contribution in [-0.2, 0) is 10.5 Å². The van der Waals surface area contributed by atoms with Gasteiger partial charge in [-0.15, -0.1) is 34.4 Å². The number of amides is 1. The zero-order valence-corrected chi connectivity index (χ0v) is 18.7. The summed E-state index contributed by atoms with van der Waals surface area (Å²) in [5, 5.41) is 5.23. The van der Waals surface area contributed by atoms with Gasteiger partial charge in [-0.2, -0.15) is 0 Å². The molecule has 152 valence electrons. The molecule has 1 fully saturated rings. The van der Waals surface area contributed by atoms with Crippen LogP contribution in [-0.4, -0.2) is 54.8 Å². The van der Waals surface area contributed by atoms with E-state index in [4.69, 9.17) is 4.74 Å². The molecule has 0 bridgehead atoms. The van der Waals surface area contributed by atoms with Crippen molar-refractivity contribution in [1.29, 1.82) is 0 Å². The Hall–Kier alpha value is -2.03. The molecule has 0 saturated carbocycles. The Labute approximate surface area is 183 Å². The summed E-state index contributed by atoms with van der Waals surface area (Å²) in [5.41, 5.74) is 2.23. The predicted octanol–water partition coefficient (Wildman–Crippen LogP) is 4.46. The molecule has 2 aromatic heterocycles. The Balaban J connectivity index is 1.21. The Morgan fingerprint density at radius 2 is 1.93 bits per heavy atom. The number of carbonyl (C=O) groups excluding carboxylic acids is 1. The number of hydrogen-bond acceptors (Lipinski definition) is 7. The fourth-order valence-corrected chi connectivity index (χ4v) is 5.78. The fraction of sp³-hybridized carbons (Fsp3) is 0.333. The van der Waals surface area contributed by atoms with Crippen molar-refractivity contribution in [2.24, 2.45) is 0 Å². The highest BCUT2D eigenvalue weighted by molar-refractivity contribution is 7.99. The Morgan fingerprint density at radius 1 is 1.14 bits per heavy atom. The van der Waals surface area contributed by atoms with Gasteiger partial charge in [-0.1, -0.05) is 6.07 Å². The number of ether oxygens (including phenoxy) is 1. The maximum atomic E-state index is 12.6. The second-order valence-electron chi connectivity index (χ2n) is 6.68. The minimum atomic E-state index is 0.220. The number of thiophene rings is 1. The molecule has 3 heterocycles. The van der Waals surface area contributed by atoms with Gasteiger partial charge in [0.25, 0.3) is 0 Å². The quantitative estimate of drug-likeness (QED) is 0.537. The van der Waals surface area contributed by atoms with E-state index in [9.17, 15) is 4.79 Å². The van der Waals surface area contributed by atoms with Crippen molar-refractivity contribution in [3.05, 3.63) is 52.9 Å². The first-order chi connectivity index (χ1) is 14.2. The van der Waals surface area contributed by atoms with E-state index in [2.05, 4.69) is 38.8 Å². The van der Waals surface area contributed by atoms with E-state index in [1.165, 1.54) is 10.6 Å². The zero-order valence-electron chi connectivity index (χ0n) is 16.2. The molecule has 0 radical (unpaired) electrons. The molecule has 1 aliphatic rings. The highest BCUT2D eigenvalue weighted by Gasteiger charge is 2.21. The number of methoxy groups -OCH3 is 1. The molecule has 1 amide bonds. The third-order valence-electron chi connectivity index (χ3n) is 4.83. The van der Waals surface area contributed by atoms with E-state index in [1.54, 1.807) is 41.5 Å². The van der Waals surface area contributed by atoms with Crippen LogP contribution in [0.2, 0.25) is 0 Å². The minimum Gasteiger partial charge on any atom is -0.497 e. The largest absolute Gasteiger partial charge is 0.497 e. The number of anilines is 1. The van der Waals surface area contributed by atoms with Crippen LogP contribution in [0.1, 0.15) is 5.69 Å². The van der Waals surface area contributed by atoms with Gasteiger partial charge in [0.05, 0.1) is 23.4 Å². The van der Waals surface area contributed by atoms with Gasteiger partial charge in [0, 0.05) is 43.0 Å². The molecule has 0 aliphatic carbocycles. The lowest BCUT2D eigenvalue weighted by Crippen LogP contribution is -2.49. The lowest BCUT2D eigenvalue weighted by atomic mass is 10.2. The van der Waals surface area contributed by atoms with Gasteiger partial charge in [0.2, 0.25) is 5.91 Å². The topological polar surface area (TPSA) is 45.7 Å². The monoisotopic (exact) mass is 445 g/mol. The van der Waals surface area contributed by atoms with Gasteiger partial charge >= 0.3 is 0 Å². The predicted molar refractivity (Wildman–Crippen MR) is 123 cm³/mol. The summed E-state index contributed by atoms with van der Waals surface area (Å²) in [6, 6.07) is 12.2. The maximum Gasteiger partial charge on any atom is 0.232 e. The summed E-state index contributed by atoms with van der Waals surface area (Å²) in [6.45, 7) is 3.26. The molecule has 3 aromatic rings. The minimum absolute atomic E-state index is 0.220. The van der Waals surface area contributed by atoms with Crippen molar-refractivity contribution in [2.75, 3.05) is 43.9 Å². The summed E-state index contributed by atoms with van der Waals surface area (Å²) in [7, 11) is 1.68. The summed E-state index contributed by atoms with van der Waals surface area (Å²) in [6.07, 6.45) is 0. The number of piperazine rings is 1. The van der Waals surface area contributed by atoms with Crippen LogP contribution in [0.15, 0.2) is 47.2 Å². The van der Waals surface area contributed by atoms with Crippen LogP contribution in [0.4, 0.5) is 5.69 Å². The highest BCUT2D eigenvalue weighted by atomic mass is 32.2. The molecule has 8 heteroatoms. The summed E-state index contributed by atoms with van der Waals surface area (Å²) < 4.78 is 5.22. The Kier molecular flexibility index (Phi) is 6.74. The lowest BCUT2D eigenvalue weighted by molar-refractivity contribution is -0.128. The first-order valence-corrected chi connectivity index (χ1v) is 12.4. The molecule has 5 nitrogen and oxygen atoms in total. The fourth-order valence-electron chi connectivity index (χ4n) is 3.23. The van der Waals surface area contributed by atoms with E-state index in [1.807, 2.05) is 23.1 Å². The third-order valence-corrected chi connectivity index (χ3v) is 7.71. The number of carbonyl (C=O) groups is 1. The molecule has 1 saturated heterocycles. The Bertz CT molecular complexity index is 917. The van der Waals surface area contributed by atoms with Crippen LogP contribution in [0.5, 0.6) is 5.75 Å². The van der Waals surface area contributed by atoms with Crippen molar-refractivity contribution in [3.63, 3.8) is 0 Å². The average Bonchev–Trinajstić information content (AvgIpc) is 3.46. The third kappa shape index (κ3) is 5.12. The van der Waals surface area contributed by atoms with Gasteiger partial charge in [-0.3, -0.25) is 4.79 Å².